The Hall–Kier alpha value is -1.38. The molecule has 1 aliphatic rings. The average Bonchev–Trinajstić information content (AvgIpc) is 2.74. The number of nitrogens with one attached hydrogen (secondary N) is 1. The molecule has 0 radical (unpaired) electrons. The summed E-state index contributed by atoms with van der Waals surface area (Å²) in [5.41, 5.74) is 2.79. The first kappa shape index (κ1) is 12.1. The minimum absolute atomic E-state index is 0.159. The third-order valence-corrected chi connectivity index (χ3v) is 3.26. The van der Waals surface area contributed by atoms with E-state index in [2.05, 4.69) is 16.9 Å². The summed E-state index contributed by atoms with van der Waals surface area (Å²) >= 11 is 0. The number of aryl methyl sites for hydroxylation is 1. The van der Waals surface area contributed by atoms with Gasteiger partial charge < -0.3 is 4.98 Å². The van der Waals surface area contributed by atoms with Crippen LogP contribution in [0.25, 0.3) is 0 Å². The van der Waals surface area contributed by atoms with Gasteiger partial charge in [0.2, 0.25) is 0 Å². The summed E-state index contributed by atoms with van der Waals surface area (Å²) in [5, 5.41) is 0. The smallest absolute Gasteiger partial charge is 0.186 e. The van der Waals surface area contributed by atoms with Crippen LogP contribution in [0.1, 0.15) is 61.5 Å². The Bertz CT molecular complexity index is 418. The first-order chi connectivity index (χ1) is 8.33. The van der Waals surface area contributed by atoms with E-state index >= 15 is 0 Å². The Labute approximate surface area is 102 Å². The van der Waals surface area contributed by atoms with Gasteiger partial charge in [0.1, 0.15) is 5.69 Å². The lowest BCUT2D eigenvalue weighted by atomic mass is 10.0. The third-order valence-electron chi connectivity index (χ3n) is 3.26. The minimum Gasteiger partial charge on any atom is -0.357 e. The number of rotatable bonds is 6. The summed E-state index contributed by atoms with van der Waals surface area (Å²) < 4.78 is 0. The Morgan fingerprint density at radius 3 is 2.94 bits per heavy atom. The van der Waals surface area contributed by atoms with Crippen molar-refractivity contribution in [1.82, 2.24) is 4.98 Å². The number of hydrogen-bond acceptors (Lipinski definition) is 2. The highest BCUT2D eigenvalue weighted by molar-refractivity contribution is 6.09. The molecule has 0 saturated heterocycles. The highest BCUT2D eigenvalue weighted by Gasteiger charge is 2.18. The van der Waals surface area contributed by atoms with Crippen molar-refractivity contribution in [1.29, 1.82) is 0 Å². The number of Topliss-reactive ketones (excluding diaryl/α,β-unsaturated/α-hetero) is 1. The number of aromatic amines is 1. The fourth-order valence-corrected chi connectivity index (χ4v) is 2.25. The quantitative estimate of drug-likeness (QED) is 0.745. The van der Waals surface area contributed by atoms with Crippen molar-refractivity contribution in [2.45, 2.75) is 51.9 Å². The molecule has 2 rings (SSSR count). The molecule has 17 heavy (non-hydrogen) atoms. The van der Waals surface area contributed by atoms with Gasteiger partial charge in [-0.25, -0.2) is 0 Å². The largest absolute Gasteiger partial charge is 0.357 e. The molecule has 1 aromatic rings. The molecular weight excluding hydrogens is 212 g/mol. The Kier molecular flexibility index (Phi) is 4.13. The molecule has 0 amide bonds. The zero-order valence-electron chi connectivity index (χ0n) is 10.5. The van der Waals surface area contributed by atoms with Crippen molar-refractivity contribution in [3.8, 4) is 0 Å². The van der Waals surface area contributed by atoms with Gasteiger partial charge in [0, 0.05) is 18.8 Å². The van der Waals surface area contributed by atoms with Crippen molar-refractivity contribution in [3.05, 3.63) is 17.5 Å². The van der Waals surface area contributed by atoms with Crippen LogP contribution in [0, 0.1) is 0 Å². The normalized spacial score (nSPS) is 14.1. The van der Waals surface area contributed by atoms with E-state index in [9.17, 15) is 4.79 Å². The lowest BCUT2D eigenvalue weighted by Crippen LogP contribution is -2.04. The van der Waals surface area contributed by atoms with Crippen molar-refractivity contribution >= 4 is 17.7 Å². The number of carbonyl (C=O) groups is 1. The number of H-pyrrole nitrogens is 1. The van der Waals surface area contributed by atoms with Crippen LogP contribution in [0.15, 0.2) is 11.2 Å². The van der Waals surface area contributed by atoms with Crippen LogP contribution in [0.4, 0.5) is 5.69 Å². The molecule has 0 saturated carbocycles. The minimum atomic E-state index is 0.159. The van der Waals surface area contributed by atoms with Crippen LogP contribution in [-0.4, -0.2) is 17.0 Å². The number of nitrogens with zero attached hydrogens (tertiary/aromatic N) is 1. The fraction of sp³-hybridized carbons (Fsp3) is 0.571. The molecule has 1 aromatic heterocycles. The van der Waals surface area contributed by atoms with Crippen LogP contribution in [0.3, 0.4) is 0 Å². The maximum atomic E-state index is 11.6. The number of fused-ring (bicyclic) bond motifs is 1. The Morgan fingerprint density at radius 1 is 1.29 bits per heavy atom. The van der Waals surface area contributed by atoms with Gasteiger partial charge in [0.25, 0.3) is 0 Å². The third kappa shape index (κ3) is 2.84. The van der Waals surface area contributed by atoms with E-state index in [4.69, 9.17) is 0 Å². The predicted octanol–water partition coefficient (Wildman–Crippen LogP) is 3.82. The molecule has 3 nitrogen and oxygen atoms in total. The van der Waals surface area contributed by atoms with E-state index in [-0.39, 0.29) is 5.78 Å². The van der Waals surface area contributed by atoms with E-state index < -0.39 is 0 Å². The van der Waals surface area contributed by atoms with E-state index in [1.54, 1.807) is 6.21 Å². The monoisotopic (exact) mass is 232 g/mol. The molecule has 0 bridgehead atoms. The van der Waals surface area contributed by atoms with Gasteiger partial charge in [0.05, 0.1) is 5.69 Å². The predicted molar refractivity (Wildman–Crippen MR) is 70.4 cm³/mol. The van der Waals surface area contributed by atoms with Crippen LogP contribution in [0.5, 0.6) is 0 Å². The van der Waals surface area contributed by atoms with E-state index in [1.807, 2.05) is 6.20 Å². The van der Waals surface area contributed by atoms with Crippen molar-refractivity contribution in [2.75, 3.05) is 0 Å². The molecule has 1 aliphatic heterocycles. The van der Waals surface area contributed by atoms with Crippen LogP contribution >= 0.6 is 0 Å². The molecule has 2 heterocycles. The summed E-state index contributed by atoms with van der Waals surface area (Å²) in [4.78, 5) is 19.0. The number of aliphatic imine (C=N–C) groups is 1. The first-order valence-corrected chi connectivity index (χ1v) is 6.59. The topological polar surface area (TPSA) is 45.2 Å². The Balaban J connectivity index is 1.90. The van der Waals surface area contributed by atoms with Gasteiger partial charge >= 0.3 is 0 Å². The average molecular weight is 232 g/mol. The summed E-state index contributed by atoms with van der Waals surface area (Å²) in [7, 11) is 0. The highest BCUT2D eigenvalue weighted by atomic mass is 16.1. The number of ketones is 1. The molecule has 0 unspecified atom stereocenters. The van der Waals surface area contributed by atoms with Gasteiger partial charge in [0.15, 0.2) is 5.78 Å². The second kappa shape index (κ2) is 5.80. The molecule has 0 fully saturated rings. The maximum absolute atomic E-state index is 11.6. The first-order valence-electron chi connectivity index (χ1n) is 6.59. The molecule has 92 valence electrons. The van der Waals surface area contributed by atoms with Gasteiger partial charge in [-0.05, 0) is 18.4 Å². The summed E-state index contributed by atoms with van der Waals surface area (Å²) in [6.07, 6.45) is 11.5. The maximum Gasteiger partial charge on any atom is 0.186 e. The number of carbonyl (C=O) groups excluding carboxylic acids is 1. The lowest BCUT2D eigenvalue weighted by Gasteiger charge is -2.05. The summed E-state index contributed by atoms with van der Waals surface area (Å²) in [6, 6.07) is 0. The van der Waals surface area contributed by atoms with E-state index in [1.165, 1.54) is 37.7 Å². The van der Waals surface area contributed by atoms with Crippen molar-refractivity contribution in [3.63, 3.8) is 0 Å². The van der Waals surface area contributed by atoms with Gasteiger partial charge in [-0.3, -0.25) is 9.79 Å². The zero-order chi connectivity index (χ0) is 12.1. The molecular formula is C14H20N2O. The lowest BCUT2D eigenvalue weighted by molar-refractivity contribution is 0.0997. The second-order valence-corrected chi connectivity index (χ2v) is 4.64. The molecule has 0 atom stereocenters. The number of unbranched alkanes of at least 4 members (excludes halogenated alkanes) is 4. The molecule has 0 aliphatic carbocycles. The van der Waals surface area contributed by atoms with E-state index in [0.717, 1.165) is 12.1 Å². The number of hydrogen-bond donors (Lipinski definition) is 1. The van der Waals surface area contributed by atoms with Gasteiger partial charge in [-0.15, -0.1) is 0 Å². The zero-order valence-corrected chi connectivity index (χ0v) is 10.5. The van der Waals surface area contributed by atoms with Crippen molar-refractivity contribution < 1.29 is 4.79 Å². The molecule has 1 N–H and O–H groups in total. The molecule has 0 aromatic carbocycles. The van der Waals surface area contributed by atoms with Gasteiger partial charge in [-0.2, -0.15) is 0 Å². The van der Waals surface area contributed by atoms with Crippen LogP contribution < -0.4 is 0 Å². The standard InChI is InChI=1S/C14H20N2O/c1-2-3-4-5-6-7-11-10-16-14-12(17)8-9-15-13(11)14/h9-10,16H,2-8H2,1H3. The van der Waals surface area contributed by atoms with Crippen LogP contribution in [0.2, 0.25) is 0 Å². The van der Waals surface area contributed by atoms with E-state index in [0.29, 0.717) is 12.1 Å². The van der Waals surface area contributed by atoms with Gasteiger partial charge in [-0.1, -0.05) is 32.6 Å². The molecule has 0 spiro atoms. The number of aromatic nitrogens is 1. The summed E-state index contributed by atoms with van der Waals surface area (Å²) in [6.45, 7) is 2.23. The fourth-order valence-electron chi connectivity index (χ4n) is 2.25. The second-order valence-electron chi connectivity index (χ2n) is 4.64. The molecule has 3 heteroatoms. The van der Waals surface area contributed by atoms with Crippen molar-refractivity contribution in [2.24, 2.45) is 4.99 Å². The highest BCUT2D eigenvalue weighted by Crippen LogP contribution is 2.29. The van der Waals surface area contributed by atoms with Crippen LogP contribution in [-0.2, 0) is 6.42 Å². The SMILES string of the molecule is CCCCCCCc1c[nH]c2c1N=CCC2=O. The summed E-state index contributed by atoms with van der Waals surface area (Å²) in [5.74, 6) is 0.159. The Morgan fingerprint density at radius 2 is 2.12 bits per heavy atom.